The van der Waals surface area contributed by atoms with Crippen LogP contribution in [0.4, 0.5) is 0 Å². The maximum absolute atomic E-state index is 10.1. The quantitative estimate of drug-likeness (QED) is 0.331. The van der Waals surface area contributed by atoms with Gasteiger partial charge in [-0.15, -0.1) is 0 Å². The number of benzene rings is 1. The zero-order valence-corrected chi connectivity index (χ0v) is 19.3. The minimum atomic E-state index is -1.24. The monoisotopic (exact) mass is 392 g/mol. The van der Waals surface area contributed by atoms with E-state index in [-0.39, 0.29) is 18.6 Å². The van der Waals surface area contributed by atoms with E-state index in [1.807, 2.05) is 24.3 Å². The molecule has 1 aromatic rings. The second-order valence-corrected chi connectivity index (χ2v) is 13.7. The van der Waals surface area contributed by atoms with Crippen molar-refractivity contribution in [3.8, 4) is 5.75 Å². The van der Waals surface area contributed by atoms with Crippen LogP contribution in [0.25, 0.3) is 0 Å². The fraction of sp³-hybridized carbons (Fsp3) is 0.652. The molecule has 0 aliphatic carbocycles. The van der Waals surface area contributed by atoms with Gasteiger partial charge in [-0.25, -0.2) is 0 Å². The lowest BCUT2D eigenvalue weighted by Gasteiger charge is -2.27. The van der Waals surface area contributed by atoms with Gasteiger partial charge in [0.1, 0.15) is 5.75 Å². The third kappa shape index (κ3) is 10.1. The fourth-order valence-electron chi connectivity index (χ4n) is 3.50. The zero-order valence-electron chi connectivity index (χ0n) is 18.3. The molecule has 0 spiro atoms. The molecule has 0 aliphatic rings. The van der Waals surface area contributed by atoms with Gasteiger partial charge in [0.15, 0.2) is 0 Å². The van der Waals surface area contributed by atoms with Gasteiger partial charge in [-0.3, -0.25) is 0 Å². The summed E-state index contributed by atoms with van der Waals surface area (Å²) in [5, 5.41) is 10.1. The first-order chi connectivity index (χ1) is 12.8. The topological polar surface area (TPSA) is 38.7 Å². The normalized spacial score (nSPS) is 14.9. The molecule has 0 fully saturated rings. The van der Waals surface area contributed by atoms with Crippen LogP contribution in [0.5, 0.6) is 5.75 Å². The van der Waals surface area contributed by atoms with Gasteiger partial charge < -0.3 is 14.6 Å². The van der Waals surface area contributed by atoms with Gasteiger partial charge in [0.25, 0.3) is 0 Å². The molecule has 0 bridgehead atoms. The van der Waals surface area contributed by atoms with Crippen molar-refractivity contribution >= 4 is 8.07 Å². The smallest absolute Gasteiger partial charge is 0.118 e. The lowest BCUT2D eigenvalue weighted by Crippen LogP contribution is -2.28. The lowest BCUT2D eigenvalue weighted by molar-refractivity contribution is -0.0222. The van der Waals surface area contributed by atoms with Gasteiger partial charge in [0.05, 0.1) is 27.9 Å². The number of allylic oxidation sites excluding steroid dienone is 1. The Kier molecular flexibility index (Phi) is 11.0. The number of rotatable bonds is 13. The summed E-state index contributed by atoms with van der Waals surface area (Å²) in [6.45, 7) is 12.2. The molecule has 0 saturated carbocycles. The van der Waals surface area contributed by atoms with E-state index < -0.39 is 8.07 Å². The Bertz CT molecular complexity index is 546. The van der Waals surface area contributed by atoms with Crippen molar-refractivity contribution in [3.05, 3.63) is 41.1 Å². The summed E-state index contributed by atoms with van der Waals surface area (Å²) in [5.41, 5.74) is 4.98. The van der Waals surface area contributed by atoms with Crippen molar-refractivity contribution in [3.63, 3.8) is 0 Å². The first-order valence-electron chi connectivity index (χ1n) is 10.3. The average molecular weight is 393 g/mol. The van der Waals surface area contributed by atoms with Crippen LogP contribution in [0.2, 0.25) is 19.6 Å². The highest BCUT2D eigenvalue weighted by molar-refractivity contribution is 6.81. The third-order valence-corrected chi connectivity index (χ3v) is 6.10. The van der Waals surface area contributed by atoms with Gasteiger partial charge in [0.2, 0.25) is 0 Å². The van der Waals surface area contributed by atoms with E-state index in [1.165, 1.54) is 18.4 Å². The van der Waals surface area contributed by atoms with E-state index >= 15 is 0 Å². The van der Waals surface area contributed by atoms with E-state index in [0.29, 0.717) is 6.61 Å². The largest absolute Gasteiger partial charge is 0.497 e. The Morgan fingerprint density at radius 3 is 2.33 bits per heavy atom. The van der Waals surface area contributed by atoms with Gasteiger partial charge >= 0.3 is 0 Å². The number of aliphatic hydroxyl groups excluding tert-OH is 1. The van der Waals surface area contributed by atoms with Crippen molar-refractivity contribution in [1.82, 2.24) is 0 Å². The van der Waals surface area contributed by atoms with Gasteiger partial charge in [-0.05, 0) is 37.5 Å². The number of hydrogen-bond acceptors (Lipinski definition) is 3. The highest BCUT2D eigenvalue weighted by atomic mass is 28.3. The molecule has 0 saturated heterocycles. The number of aliphatic hydroxyl groups is 1. The summed E-state index contributed by atoms with van der Waals surface area (Å²) in [6, 6.07) is 8.03. The summed E-state index contributed by atoms with van der Waals surface area (Å²) >= 11 is 0. The molecule has 27 heavy (non-hydrogen) atoms. The molecule has 2 atom stereocenters. The summed E-state index contributed by atoms with van der Waals surface area (Å²) in [7, 11) is 0.436. The van der Waals surface area contributed by atoms with Crippen molar-refractivity contribution in [1.29, 1.82) is 0 Å². The van der Waals surface area contributed by atoms with Crippen LogP contribution < -0.4 is 4.74 Å². The lowest BCUT2D eigenvalue weighted by atomic mass is 9.92. The first kappa shape index (κ1) is 23.9. The molecule has 1 rings (SSSR count). The molecular formula is C23H40O3Si. The summed E-state index contributed by atoms with van der Waals surface area (Å²) in [5.74, 6) is 1.02. The third-order valence-electron chi connectivity index (χ3n) is 4.74. The molecule has 0 unspecified atom stereocenters. The van der Waals surface area contributed by atoms with Crippen LogP contribution in [0.15, 0.2) is 35.5 Å². The summed E-state index contributed by atoms with van der Waals surface area (Å²) in [4.78, 5) is 0. The average Bonchev–Trinajstić information content (AvgIpc) is 2.62. The molecule has 4 heteroatoms. The second kappa shape index (κ2) is 12.4. The molecule has 3 nitrogen and oxygen atoms in total. The first-order valence-corrected chi connectivity index (χ1v) is 13.9. The Labute approximate surface area is 167 Å². The molecule has 0 radical (unpaired) electrons. The number of ether oxygens (including phenoxy) is 2. The molecule has 1 N–H and O–H groups in total. The van der Waals surface area contributed by atoms with Crippen molar-refractivity contribution in [2.75, 3.05) is 13.7 Å². The molecule has 0 aliphatic heterocycles. The minimum Gasteiger partial charge on any atom is -0.497 e. The standard InChI is InChI=1S/C23H40O3Si/c1-7-8-9-10-23(21(16-24)15-19(2)18-27(4,5)6)26-17-20-11-13-22(25-3)14-12-20/h11-14,18,21,23-24H,7-10,15-17H2,1-6H3/b19-18+/t21-,23-/m0/s1. The van der Waals surface area contributed by atoms with E-state index in [0.717, 1.165) is 30.6 Å². The molecule has 0 heterocycles. The molecule has 0 aromatic heterocycles. The summed E-state index contributed by atoms with van der Waals surface area (Å²) in [6.07, 6.45) is 5.58. The van der Waals surface area contributed by atoms with Crippen LogP contribution >= 0.6 is 0 Å². The van der Waals surface area contributed by atoms with Crippen LogP contribution in [-0.4, -0.2) is 33.0 Å². The van der Waals surface area contributed by atoms with Crippen molar-refractivity contribution in [2.24, 2.45) is 5.92 Å². The van der Waals surface area contributed by atoms with Gasteiger partial charge in [-0.1, -0.05) is 69.2 Å². The predicted octanol–water partition coefficient (Wildman–Crippen LogP) is 5.98. The van der Waals surface area contributed by atoms with Crippen molar-refractivity contribution < 1.29 is 14.6 Å². The molecular weight excluding hydrogens is 352 g/mol. The Balaban J connectivity index is 2.77. The van der Waals surface area contributed by atoms with Crippen LogP contribution in [0.1, 0.15) is 51.5 Å². The van der Waals surface area contributed by atoms with Gasteiger partial charge in [0, 0.05) is 12.5 Å². The SMILES string of the molecule is CCCCC[C@H](OCc1ccc(OC)cc1)[C@H](CO)C/C(C)=C/[Si](C)(C)C. The number of unbranched alkanes of at least 4 members (excludes halogenated alkanes) is 2. The molecule has 0 amide bonds. The zero-order chi connectivity index (χ0) is 20.3. The van der Waals surface area contributed by atoms with Crippen LogP contribution in [0, 0.1) is 5.92 Å². The van der Waals surface area contributed by atoms with Crippen LogP contribution in [0.3, 0.4) is 0 Å². The van der Waals surface area contributed by atoms with Gasteiger partial charge in [-0.2, -0.15) is 0 Å². The Morgan fingerprint density at radius 2 is 1.81 bits per heavy atom. The summed E-state index contributed by atoms with van der Waals surface area (Å²) < 4.78 is 11.5. The van der Waals surface area contributed by atoms with E-state index in [2.05, 4.69) is 39.2 Å². The predicted molar refractivity (Wildman–Crippen MR) is 118 cm³/mol. The Hall–Kier alpha value is -1.10. The fourth-order valence-corrected chi connectivity index (χ4v) is 5.10. The maximum Gasteiger partial charge on any atom is 0.118 e. The van der Waals surface area contributed by atoms with Crippen molar-refractivity contribution in [2.45, 2.75) is 78.3 Å². The Morgan fingerprint density at radius 1 is 1.15 bits per heavy atom. The number of methoxy groups -OCH3 is 1. The minimum absolute atomic E-state index is 0.0913. The highest BCUT2D eigenvalue weighted by Crippen LogP contribution is 2.25. The number of hydrogen-bond donors (Lipinski definition) is 1. The van der Waals surface area contributed by atoms with E-state index in [9.17, 15) is 5.11 Å². The maximum atomic E-state index is 10.1. The van der Waals surface area contributed by atoms with Crippen LogP contribution in [-0.2, 0) is 11.3 Å². The second-order valence-electron chi connectivity index (χ2n) is 8.70. The molecule has 154 valence electrons. The van der Waals surface area contributed by atoms with E-state index in [4.69, 9.17) is 9.47 Å². The molecule has 1 aromatic carbocycles. The van der Waals surface area contributed by atoms with E-state index in [1.54, 1.807) is 7.11 Å². The highest BCUT2D eigenvalue weighted by Gasteiger charge is 2.23.